The molecule has 1 saturated carbocycles. The Bertz CT molecular complexity index is 488. The molecule has 9 heteroatoms. The lowest BCUT2D eigenvalue weighted by Crippen LogP contribution is -2.44. The minimum absolute atomic E-state index is 0.00113. The van der Waals surface area contributed by atoms with Crippen LogP contribution in [0.25, 0.3) is 0 Å². The number of hydrazine groups is 1. The molecule has 0 aromatic carbocycles. The number of halogens is 3. The highest BCUT2D eigenvalue weighted by molar-refractivity contribution is 5.48. The van der Waals surface area contributed by atoms with Crippen LogP contribution in [0, 0.1) is 0 Å². The molecule has 0 saturated heterocycles. The van der Waals surface area contributed by atoms with Crippen LogP contribution in [0.15, 0.2) is 6.07 Å². The summed E-state index contributed by atoms with van der Waals surface area (Å²) in [5, 5.41) is 12.5. The van der Waals surface area contributed by atoms with Crippen molar-refractivity contribution in [3.8, 4) is 0 Å². The van der Waals surface area contributed by atoms with E-state index < -0.39 is 17.5 Å². The van der Waals surface area contributed by atoms with Crippen molar-refractivity contribution in [3.05, 3.63) is 11.9 Å². The van der Waals surface area contributed by atoms with Crippen molar-refractivity contribution in [3.63, 3.8) is 0 Å². The highest BCUT2D eigenvalue weighted by atomic mass is 19.4. The Morgan fingerprint density at radius 2 is 1.81 bits per heavy atom. The Morgan fingerprint density at radius 1 is 1.19 bits per heavy atom. The average molecular weight is 305 g/mol. The Hall–Kier alpha value is -1.61. The van der Waals surface area contributed by atoms with Crippen LogP contribution in [0.3, 0.4) is 0 Å². The lowest BCUT2D eigenvalue weighted by molar-refractivity contribution is -0.144. The third-order valence-corrected chi connectivity index (χ3v) is 3.63. The number of aliphatic hydroxyl groups excluding tert-OH is 1. The first kappa shape index (κ1) is 15.8. The third kappa shape index (κ3) is 3.73. The number of aromatic nitrogens is 2. The Morgan fingerprint density at radius 3 is 2.33 bits per heavy atom. The van der Waals surface area contributed by atoms with Crippen molar-refractivity contribution in [1.29, 1.82) is 0 Å². The molecule has 1 aromatic heterocycles. The molecule has 118 valence electrons. The summed E-state index contributed by atoms with van der Waals surface area (Å²) in [5.74, 6) is 3.74. The summed E-state index contributed by atoms with van der Waals surface area (Å²) in [4.78, 5) is 6.78. The van der Waals surface area contributed by atoms with Crippen molar-refractivity contribution in [2.45, 2.75) is 43.8 Å². The molecule has 0 radical (unpaired) electrons. The quantitative estimate of drug-likeness (QED) is 0.501. The molecule has 0 bridgehead atoms. The van der Waals surface area contributed by atoms with E-state index in [1.165, 1.54) is 6.07 Å². The summed E-state index contributed by atoms with van der Waals surface area (Å²) in [7, 11) is 0. The van der Waals surface area contributed by atoms with E-state index in [0.717, 1.165) is 19.3 Å². The predicted molar refractivity (Wildman–Crippen MR) is 71.4 cm³/mol. The fourth-order valence-electron chi connectivity index (χ4n) is 2.53. The summed E-state index contributed by atoms with van der Waals surface area (Å²) in [6.07, 6.45) is -0.432. The van der Waals surface area contributed by atoms with E-state index >= 15 is 0 Å². The van der Waals surface area contributed by atoms with Gasteiger partial charge in [-0.25, -0.2) is 15.8 Å². The zero-order valence-electron chi connectivity index (χ0n) is 11.4. The van der Waals surface area contributed by atoms with Gasteiger partial charge in [-0.05, 0) is 12.8 Å². The highest BCUT2D eigenvalue weighted by Gasteiger charge is 2.37. The number of rotatable bonds is 4. The number of hydrogen-bond acceptors (Lipinski definition) is 6. The van der Waals surface area contributed by atoms with Gasteiger partial charge in [0.2, 0.25) is 5.82 Å². The molecule has 1 fully saturated rings. The molecule has 1 aromatic rings. The maximum atomic E-state index is 12.8. The van der Waals surface area contributed by atoms with Crippen molar-refractivity contribution in [1.82, 2.24) is 9.97 Å². The normalized spacial score (nSPS) is 18.3. The smallest absolute Gasteiger partial charge is 0.394 e. The average Bonchev–Trinajstić information content (AvgIpc) is 2.47. The predicted octanol–water partition coefficient (Wildman–Crippen LogP) is 1.89. The van der Waals surface area contributed by atoms with Gasteiger partial charge in [0.1, 0.15) is 11.6 Å². The van der Waals surface area contributed by atoms with Crippen molar-refractivity contribution >= 4 is 11.6 Å². The van der Waals surface area contributed by atoms with Gasteiger partial charge in [-0.15, -0.1) is 0 Å². The van der Waals surface area contributed by atoms with Crippen LogP contribution in [-0.4, -0.2) is 27.2 Å². The van der Waals surface area contributed by atoms with Gasteiger partial charge in [0.05, 0.1) is 12.1 Å². The van der Waals surface area contributed by atoms with Gasteiger partial charge in [-0.1, -0.05) is 19.3 Å². The van der Waals surface area contributed by atoms with Gasteiger partial charge in [-0.2, -0.15) is 13.2 Å². The topological polar surface area (TPSA) is 96.1 Å². The van der Waals surface area contributed by atoms with E-state index in [0.29, 0.717) is 12.8 Å². The van der Waals surface area contributed by atoms with Gasteiger partial charge >= 0.3 is 6.18 Å². The fraction of sp³-hybridized carbons (Fsp3) is 0.667. The number of nitrogens with one attached hydrogen (secondary N) is 2. The van der Waals surface area contributed by atoms with Crippen LogP contribution in [0.5, 0.6) is 0 Å². The molecule has 0 amide bonds. The van der Waals surface area contributed by atoms with Gasteiger partial charge in [0.15, 0.2) is 0 Å². The SMILES string of the molecule is NNc1cc(NC2(CO)CCCCC2)nc(C(F)(F)F)n1. The number of nitrogen functional groups attached to an aromatic ring is 1. The third-order valence-electron chi connectivity index (χ3n) is 3.63. The Balaban J connectivity index is 2.30. The molecular formula is C12H18F3N5O. The van der Waals surface area contributed by atoms with E-state index in [1.807, 2.05) is 0 Å². The minimum atomic E-state index is -4.66. The number of alkyl halides is 3. The summed E-state index contributed by atoms with van der Waals surface area (Å²) in [5.41, 5.74) is 1.46. The molecule has 5 N–H and O–H groups in total. The zero-order chi connectivity index (χ0) is 15.5. The van der Waals surface area contributed by atoms with Crippen LogP contribution in [-0.2, 0) is 6.18 Å². The molecular weight excluding hydrogens is 287 g/mol. The van der Waals surface area contributed by atoms with Crippen LogP contribution in [0.4, 0.5) is 24.8 Å². The van der Waals surface area contributed by atoms with Crippen LogP contribution >= 0.6 is 0 Å². The number of anilines is 2. The first-order valence-electron chi connectivity index (χ1n) is 6.70. The van der Waals surface area contributed by atoms with Crippen LogP contribution in [0.2, 0.25) is 0 Å². The van der Waals surface area contributed by atoms with Crippen molar-refractivity contribution in [2.24, 2.45) is 5.84 Å². The van der Waals surface area contributed by atoms with E-state index in [9.17, 15) is 18.3 Å². The standard InChI is InChI=1S/C12H18F3N5O/c13-12(14,15)10-17-8(6-9(18-10)20-16)19-11(7-21)4-2-1-3-5-11/h6,21H,1-5,7,16H2,(H2,17,18,19,20). The number of aliphatic hydroxyl groups is 1. The van der Waals surface area contributed by atoms with Crippen LogP contribution < -0.4 is 16.6 Å². The molecule has 1 heterocycles. The zero-order valence-corrected chi connectivity index (χ0v) is 11.4. The summed E-state index contributed by atoms with van der Waals surface area (Å²) in [6, 6.07) is 1.29. The van der Waals surface area contributed by atoms with Crippen molar-refractivity contribution in [2.75, 3.05) is 17.3 Å². The Labute approximate surface area is 119 Å². The second kappa shape index (κ2) is 6.02. The summed E-state index contributed by atoms with van der Waals surface area (Å²) in [6.45, 7) is -0.163. The van der Waals surface area contributed by atoms with E-state index in [-0.39, 0.29) is 18.2 Å². The maximum absolute atomic E-state index is 12.8. The molecule has 1 aliphatic carbocycles. The molecule has 0 unspecified atom stereocenters. The molecule has 1 aliphatic rings. The molecule has 0 aliphatic heterocycles. The summed E-state index contributed by atoms with van der Waals surface area (Å²) < 4.78 is 38.3. The number of nitrogens with two attached hydrogens (primary N) is 1. The fourth-order valence-corrected chi connectivity index (χ4v) is 2.53. The van der Waals surface area contributed by atoms with Gasteiger partial charge in [0, 0.05) is 6.07 Å². The minimum Gasteiger partial charge on any atom is -0.394 e. The molecule has 2 rings (SSSR count). The van der Waals surface area contributed by atoms with Crippen LogP contribution in [0.1, 0.15) is 37.9 Å². The monoisotopic (exact) mass is 305 g/mol. The van der Waals surface area contributed by atoms with E-state index in [1.54, 1.807) is 0 Å². The number of hydrogen-bond donors (Lipinski definition) is 4. The first-order valence-corrected chi connectivity index (χ1v) is 6.70. The van der Waals surface area contributed by atoms with Crippen molar-refractivity contribution < 1.29 is 18.3 Å². The lowest BCUT2D eigenvalue weighted by Gasteiger charge is -2.37. The molecule has 0 atom stereocenters. The molecule has 0 spiro atoms. The number of nitrogens with zero attached hydrogens (tertiary/aromatic N) is 2. The second-order valence-corrected chi connectivity index (χ2v) is 5.23. The van der Waals surface area contributed by atoms with Gasteiger partial charge < -0.3 is 15.8 Å². The largest absolute Gasteiger partial charge is 0.451 e. The summed E-state index contributed by atoms with van der Waals surface area (Å²) >= 11 is 0. The first-order chi connectivity index (χ1) is 9.88. The highest BCUT2D eigenvalue weighted by Crippen LogP contribution is 2.33. The molecule has 6 nitrogen and oxygen atoms in total. The van der Waals surface area contributed by atoms with E-state index in [4.69, 9.17) is 5.84 Å². The lowest BCUT2D eigenvalue weighted by atomic mass is 9.82. The molecule has 21 heavy (non-hydrogen) atoms. The van der Waals surface area contributed by atoms with Gasteiger partial charge in [0.25, 0.3) is 0 Å². The van der Waals surface area contributed by atoms with E-state index in [2.05, 4.69) is 20.7 Å². The Kier molecular flexibility index (Phi) is 4.52. The maximum Gasteiger partial charge on any atom is 0.451 e. The second-order valence-electron chi connectivity index (χ2n) is 5.23. The van der Waals surface area contributed by atoms with Gasteiger partial charge in [-0.3, -0.25) is 0 Å².